The first-order chi connectivity index (χ1) is 18.6. The van der Waals surface area contributed by atoms with Gasteiger partial charge in [-0.15, -0.1) is 0 Å². The van der Waals surface area contributed by atoms with Gasteiger partial charge in [0, 0.05) is 13.0 Å². The third-order valence-electron chi connectivity index (χ3n) is 6.99. The second-order valence-corrected chi connectivity index (χ2v) is 9.75. The highest BCUT2D eigenvalue weighted by Gasteiger charge is 2.14. The molecule has 0 spiro atoms. The molecule has 0 aliphatic carbocycles. The number of benzene rings is 3. The number of allylic oxidation sites excluding steroid dienone is 1. The highest BCUT2D eigenvalue weighted by Crippen LogP contribution is 2.34. The van der Waals surface area contributed by atoms with Gasteiger partial charge in [-0.05, 0) is 104 Å². The maximum absolute atomic E-state index is 11.9. The van der Waals surface area contributed by atoms with Gasteiger partial charge in [0.05, 0.1) is 7.11 Å². The summed E-state index contributed by atoms with van der Waals surface area (Å²) >= 11 is 0. The average molecular weight is 514 g/mol. The predicted molar refractivity (Wildman–Crippen MR) is 154 cm³/mol. The van der Waals surface area contributed by atoms with Crippen LogP contribution in [-0.4, -0.2) is 44.2 Å². The van der Waals surface area contributed by atoms with Gasteiger partial charge >= 0.3 is 5.97 Å². The van der Waals surface area contributed by atoms with Crippen molar-refractivity contribution in [2.45, 2.75) is 46.0 Å². The van der Waals surface area contributed by atoms with Crippen molar-refractivity contribution in [3.8, 4) is 17.2 Å². The highest BCUT2D eigenvalue weighted by molar-refractivity contribution is 5.98. The quantitative estimate of drug-likeness (QED) is 0.154. The Hall–Kier alpha value is -3.57. The predicted octanol–water partition coefficient (Wildman–Crippen LogP) is 7.24. The number of methoxy groups -OCH3 is 1. The van der Waals surface area contributed by atoms with Gasteiger partial charge in [-0.2, -0.15) is 0 Å². The van der Waals surface area contributed by atoms with Gasteiger partial charge in [0.25, 0.3) is 0 Å². The van der Waals surface area contributed by atoms with Crippen molar-refractivity contribution in [1.29, 1.82) is 0 Å². The maximum atomic E-state index is 11.9. The summed E-state index contributed by atoms with van der Waals surface area (Å²) in [5.41, 5.74) is 5.51. The molecule has 1 aliphatic rings. The van der Waals surface area contributed by atoms with Crippen LogP contribution in [-0.2, 0) is 4.79 Å². The molecule has 200 valence electrons. The molecule has 3 aromatic rings. The normalized spacial score (nSPS) is 14.5. The molecule has 0 bridgehead atoms. The van der Waals surface area contributed by atoms with E-state index in [1.165, 1.54) is 32.4 Å². The van der Waals surface area contributed by atoms with E-state index >= 15 is 0 Å². The molecule has 0 saturated carbocycles. The molecule has 5 nitrogen and oxygen atoms in total. The molecule has 1 saturated heterocycles. The van der Waals surface area contributed by atoms with Crippen LogP contribution in [0.5, 0.6) is 17.2 Å². The maximum Gasteiger partial charge on any atom is 0.311 e. The summed E-state index contributed by atoms with van der Waals surface area (Å²) in [4.78, 5) is 14.4. The van der Waals surface area contributed by atoms with Crippen molar-refractivity contribution >= 4 is 17.1 Å². The van der Waals surface area contributed by atoms with Crippen LogP contribution in [0.1, 0.15) is 62.6 Å². The topological polar surface area (TPSA) is 48.0 Å². The number of carbonyl (C=O) groups excluding carboxylic acids is 1. The molecule has 5 heteroatoms. The highest BCUT2D eigenvalue weighted by atomic mass is 16.5. The molecule has 1 fully saturated rings. The molecule has 0 radical (unpaired) electrons. The number of hydrogen-bond acceptors (Lipinski definition) is 5. The van der Waals surface area contributed by atoms with E-state index in [1.54, 1.807) is 7.11 Å². The van der Waals surface area contributed by atoms with Gasteiger partial charge in [-0.1, -0.05) is 49.7 Å². The number of piperidine rings is 1. The minimum atomic E-state index is -0.207. The lowest BCUT2D eigenvalue weighted by Crippen LogP contribution is -2.33. The molecule has 1 aliphatic heterocycles. The Balaban J connectivity index is 1.57. The van der Waals surface area contributed by atoms with Crippen LogP contribution in [0, 0.1) is 0 Å². The van der Waals surface area contributed by atoms with Crippen LogP contribution >= 0.6 is 0 Å². The lowest BCUT2D eigenvalue weighted by Gasteiger charge is -2.26. The molecular formula is C33H39NO4. The smallest absolute Gasteiger partial charge is 0.311 e. The standard InChI is InChI=1S/C33H39NO4/c1-4-8-32(35)38-31-19-13-28(14-20-31)33(25(2)26-9-15-29(36-3)16-10-26)27-11-17-30(18-12-27)37-24-23-34-21-6-5-7-22-34/h9-20H,4-8,21-24H2,1-3H3/b33-25+. The molecule has 3 aromatic carbocycles. The van der Waals surface area contributed by atoms with Crippen LogP contribution in [0.3, 0.4) is 0 Å². The zero-order valence-corrected chi connectivity index (χ0v) is 22.9. The Kier molecular flexibility index (Phi) is 9.99. The molecule has 0 atom stereocenters. The second-order valence-electron chi connectivity index (χ2n) is 9.75. The summed E-state index contributed by atoms with van der Waals surface area (Å²) in [6, 6.07) is 24.2. The van der Waals surface area contributed by atoms with Crippen molar-refractivity contribution in [3.63, 3.8) is 0 Å². The second kappa shape index (κ2) is 13.8. The van der Waals surface area contributed by atoms with Gasteiger partial charge in [0.2, 0.25) is 0 Å². The third-order valence-corrected chi connectivity index (χ3v) is 6.99. The largest absolute Gasteiger partial charge is 0.497 e. The molecule has 0 N–H and O–H groups in total. The lowest BCUT2D eigenvalue weighted by atomic mass is 9.90. The minimum Gasteiger partial charge on any atom is -0.497 e. The van der Waals surface area contributed by atoms with Crippen LogP contribution in [0.4, 0.5) is 0 Å². The van der Waals surface area contributed by atoms with Gasteiger partial charge in [0.15, 0.2) is 0 Å². The first kappa shape index (κ1) is 27.5. The summed E-state index contributed by atoms with van der Waals surface area (Å²) in [5, 5.41) is 0. The van der Waals surface area contributed by atoms with E-state index in [9.17, 15) is 4.79 Å². The number of nitrogens with zero attached hydrogens (tertiary/aromatic N) is 1. The van der Waals surface area contributed by atoms with Crippen LogP contribution in [0.15, 0.2) is 72.8 Å². The van der Waals surface area contributed by atoms with E-state index in [2.05, 4.69) is 36.1 Å². The minimum absolute atomic E-state index is 0.207. The fourth-order valence-electron chi connectivity index (χ4n) is 4.85. The molecular weight excluding hydrogens is 474 g/mol. The van der Waals surface area contributed by atoms with E-state index in [0.29, 0.717) is 18.8 Å². The van der Waals surface area contributed by atoms with Crippen LogP contribution in [0.25, 0.3) is 11.1 Å². The first-order valence-corrected chi connectivity index (χ1v) is 13.7. The van der Waals surface area contributed by atoms with Gasteiger partial charge < -0.3 is 14.2 Å². The van der Waals surface area contributed by atoms with Crippen molar-refractivity contribution in [2.24, 2.45) is 0 Å². The van der Waals surface area contributed by atoms with Crippen molar-refractivity contribution in [1.82, 2.24) is 4.90 Å². The molecule has 0 unspecified atom stereocenters. The Morgan fingerprint density at radius 3 is 1.89 bits per heavy atom. The van der Waals surface area contributed by atoms with E-state index in [0.717, 1.165) is 52.3 Å². The lowest BCUT2D eigenvalue weighted by molar-refractivity contribution is -0.134. The number of ether oxygens (including phenoxy) is 3. The average Bonchev–Trinajstić information content (AvgIpc) is 2.95. The van der Waals surface area contributed by atoms with Crippen LogP contribution < -0.4 is 14.2 Å². The van der Waals surface area contributed by atoms with Gasteiger partial charge in [0.1, 0.15) is 23.9 Å². The Morgan fingerprint density at radius 1 is 0.763 bits per heavy atom. The van der Waals surface area contributed by atoms with Gasteiger partial charge in [-0.3, -0.25) is 9.69 Å². The Bertz CT molecular complexity index is 1190. The van der Waals surface area contributed by atoms with E-state index in [4.69, 9.17) is 14.2 Å². The van der Waals surface area contributed by atoms with E-state index in [1.807, 2.05) is 55.5 Å². The summed E-state index contributed by atoms with van der Waals surface area (Å²) in [7, 11) is 1.67. The Labute approximate surface area is 227 Å². The number of esters is 1. The number of carbonyl (C=O) groups is 1. The molecule has 0 aromatic heterocycles. The zero-order valence-electron chi connectivity index (χ0n) is 22.9. The van der Waals surface area contributed by atoms with Crippen molar-refractivity contribution < 1.29 is 19.0 Å². The SMILES string of the molecule is CCCC(=O)Oc1ccc(/C(=C(\C)c2ccc(OC)cc2)c2ccc(OCCN3CCCCC3)cc2)cc1. The third kappa shape index (κ3) is 7.48. The molecule has 1 heterocycles. The first-order valence-electron chi connectivity index (χ1n) is 13.7. The monoisotopic (exact) mass is 513 g/mol. The molecule has 38 heavy (non-hydrogen) atoms. The Morgan fingerprint density at radius 2 is 1.32 bits per heavy atom. The van der Waals surface area contributed by atoms with Crippen LogP contribution in [0.2, 0.25) is 0 Å². The number of likely N-dealkylation sites (tertiary alicyclic amines) is 1. The number of rotatable bonds is 11. The van der Waals surface area contributed by atoms with Crippen molar-refractivity contribution in [3.05, 3.63) is 89.5 Å². The van der Waals surface area contributed by atoms with E-state index in [-0.39, 0.29) is 5.97 Å². The fraction of sp³-hybridized carbons (Fsp3) is 0.364. The van der Waals surface area contributed by atoms with E-state index < -0.39 is 0 Å². The number of hydrogen-bond donors (Lipinski definition) is 0. The molecule has 0 amide bonds. The fourth-order valence-corrected chi connectivity index (χ4v) is 4.85. The van der Waals surface area contributed by atoms with Crippen molar-refractivity contribution in [2.75, 3.05) is 33.4 Å². The summed E-state index contributed by atoms with van der Waals surface area (Å²) in [5.74, 6) is 2.06. The summed E-state index contributed by atoms with van der Waals surface area (Å²) in [6.07, 6.45) is 5.11. The summed E-state index contributed by atoms with van der Waals surface area (Å²) < 4.78 is 16.9. The van der Waals surface area contributed by atoms with Gasteiger partial charge in [-0.25, -0.2) is 0 Å². The molecule has 4 rings (SSSR count). The zero-order chi connectivity index (χ0) is 26.7. The summed E-state index contributed by atoms with van der Waals surface area (Å²) in [6.45, 7) is 8.13.